The monoisotopic (exact) mass is 289 g/mol. The molecule has 3 nitrogen and oxygen atoms in total. The lowest BCUT2D eigenvalue weighted by atomic mass is 10.0. The number of nitrogens with two attached hydrogens (primary N) is 1. The number of sulfonamides is 1. The summed E-state index contributed by atoms with van der Waals surface area (Å²) in [5, 5.41) is 5.00. The summed E-state index contributed by atoms with van der Waals surface area (Å²) >= 11 is 0. The highest BCUT2D eigenvalue weighted by atomic mass is 32.2. The molecular weight excluding hydrogens is 270 g/mol. The first-order valence-corrected chi connectivity index (χ1v) is 8.38. The minimum absolute atomic E-state index is 0.0163. The first-order chi connectivity index (χ1) is 9.48. The third kappa shape index (κ3) is 4.18. The van der Waals surface area contributed by atoms with Gasteiger partial charge < -0.3 is 0 Å². The molecule has 0 atom stereocenters. The highest BCUT2D eigenvalue weighted by Gasteiger charge is 2.04. The second kappa shape index (κ2) is 6.20. The summed E-state index contributed by atoms with van der Waals surface area (Å²) in [6.07, 6.45) is 1.49. The van der Waals surface area contributed by atoms with Crippen molar-refractivity contribution in [2.45, 2.75) is 19.8 Å². The van der Waals surface area contributed by atoms with Crippen LogP contribution in [0.1, 0.15) is 18.1 Å². The maximum atomic E-state index is 10.9. The van der Waals surface area contributed by atoms with Gasteiger partial charge in [0, 0.05) is 0 Å². The minimum atomic E-state index is -3.39. The molecule has 0 saturated carbocycles. The van der Waals surface area contributed by atoms with E-state index in [4.69, 9.17) is 5.14 Å². The van der Waals surface area contributed by atoms with Crippen LogP contribution in [0.2, 0.25) is 0 Å². The van der Waals surface area contributed by atoms with Crippen molar-refractivity contribution in [2.24, 2.45) is 5.14 Å². The topological polar surface area (TPSA) is 60.2 Å². The van der Waals surface area contributed by atoms with Gasteiger partial charge in [-0.3, -0.25) is 0 Å². The smallest absolute Gasteiger partial charge is 0.209 e. The number of primary sulfonamides is 1. The number of rotatable bonds is 5. The molecule has 2 aromatic carbocycles. The van der Waals surface area contributed by atoms with Crippen molar-refractivity contribution in [3.8, 4) is 11.1 Å². The molecule has 0 radical (unpaired) electrons. The van der Waals surface area contributed by atoms with Crippen molar-refractivity contribution in [3.63, 3.8) is 0 Å². The molecule has 2 N–H and O–H groups in total. The van der Waals surface area contributed by atoms with Gasteiger partial charge in [0.25, 0.3) is 0 Å². The van der Waals surface area contributed by atoms with Crippen LogP contribution in [-0.2, 0) is 22.9 Å². The number of hydrogen-bond donors (Lipinski definition) is 1. The zero-order chi connectivity index (χ0) is 14.6. The van der Waals surface area contributed by atoms with Gasteiger partial charge in [0.05, 0.1) is 5.75 Å². The molecular formula is C16H19NO2S. The van der Waals surface area contributed by atoms with E-state index < -0.39 is 10.0 Å². The third-order valence-corrected chi connectivity index (χ3v) is 4.10. The lowest BCUT2D eigenvalue weighted by Crippen LogP contribution is -2.17. The normalized spacial score (nSPS) is 11.5. The summed E-state index contributed by atoms with van der Waals surface area (Å²) in [7, 11) is -3.39. The zero-order valence-corrected chi connectivity index (χ0v) is 12.4. The largest absolute Gasteiger partial charge is 0.229 e. The zero-order valence-electron chi connectivity index (χ0n) is 11.5. The Bertz CT molecular complexity index is 659. The molecule has 106 valence electrons. The second-order valence-electron chi connectivity index (χ2n) is 4.86. The Morgan fingerprint density at radius 3 is 1.70 bits per heavy atom. The highest BCUT2D eigenvalue weighted by Crippen LogP contribution is 2.20. The Hall–Kier alpha value is -1.65. The molecule has 0 heterocycles. The van der Waals surface area contributed by atoms with E-state index in [2.05, 4.69) is 31.2 Å². The average Bonchev–Trinajstić information content (AvgIpc) is 2.45. The predicted octanol–water partition coefficient (Wildman–Crippen LogP) is 2.75. The third-order valence-electron chi connectivity index (χ3n) is 3.32. The van der Waals surface area contributed by atoms with E-state index >= 15 is 0 Å². The fourth-order valence-corrected chi connectivity index (χ4v) is 2.58. The SMILES string of the molecule is CCc1ccc(-c2ccc(CCS(N)(=O)=O)cc2)cc1. The van der Waals surface area contributed by atoms with Gasteiger partial charge in [-0.2, -0.15) is 0 Å². The standard InChI is InChI=1S/C16H19NO2S/c1-2-13-3-7-15(8-4-13)16-9-5-14(6-10-16)11-12-20(17,18)19/h3-10H,2,11-12H2,1H3,(H2,17,18,19). The molecule has 0 spiro atoms. The van der Waals surface area contributed by atoms with Gasteiger partial charge in [-0.1, -0.05) is 55.5 Å². The molecule has 4 heteroatoms. The van der Waals surface area contributed by atoms with Crippen LogP contribution in [0, 0.1) is 0 Å². The quantitative estimate of drug-likeness (QED) is 0.920. The van der Waals surface area contributed by atoms with Crippen molar-refractivity contribution in [3.05, 3.63) is 59.7 Å². The number of benzene rings is 2. The van der Waals surface area contributed by atoms with Crippen LogP contribution in [-0.4, -0.2) is 14.2 Å². The van der Waals surface area contributed by atoms with Gasteiger partial charge in [0.15, 0.2) is 0 Å². The molecule has 0 fully saturated rings. The first kappa shape index (κ1) is 14.8. The number of aryl methyl sites for hydroxylation is 2. The predicted molar refractivity (Wildman–Crippen MR) is 82.9 cm³/mol. The van der Waals surface area contributed by atoms with E-state index in [9.17, 15) is 8.42 Å². The van der Waals surface area contributed by atoms with Crippen molar-refractivity contribution in [2.75, 3.05) is 5.75 Å². The molecule has 0 bridgehead atoms. The van der Waals surface area contributed by atoms with Crippen LogP contribution in [0.25, 0.3) is 11.1 Å². The van der Waals surface area contributed by atoms with Crippen molar-refractivity contribution >= 4 is 10.0 Å². The van der Waals surface area contributed by atoms with Crippen LogP contribution >= 0.6 is 0 Å². The molecule has 0 aromatic heterocycles. The summed E-state index contributed by atoms with van der Waals surface area (Å²) in [4.78, 5) is 0. The summed E-state index contributed by atoms with van der Waals surface area (Å²) in [6, 6.07) is 16.4. The van der Waals surface area contributed by atoms with Gasteiger partial charge in [-0.05, 0) is 35.1 Å². The van der Waals surface area contributed by atoms with E-state index in [1.165, 1.54) is 11.1 Å². The Labute approximate surface area is 120 Å². The molecule has 2 aromatic rings. The van der Waals surface area contributed by atoms with E-state index in [1.807, 2.05) is 24.3 Å². The Morgan fingerprint density at radius 1 is 0.850 bits per heavy atom. The second-order valence-corrected chi connectivity index (χ2v) is 6.60. The van der Waals surface area contributed by atoms with Crippen LogP contribution in [0.15, 0.2) is 48.5 Å². The average molecular weight is 289 g/mol. The van der Waals surface area contributed by atoms with E-state index in [-0.39, 0.29) is 5.75 Å². The van der Waals surface area contributed by atoms with Gasteiger partial charge in [-0.25, -0.2) is 13.6 Å². The lowest BCUT2D eigenvalue weighted by Gasteiger charge is -2.05. The van der Waals surface area contributed by atoms with Gasteiger partial charge in [0.2, 0.25) is 10.0 Å². The van der Waals surface area contributed by atoms with E-state index in [0.29, 0.717) is 6.42 Å². The van der Waals surface area contributed by atoms with Gasteiger partial charge in [-0.15, -0.1) is 0 Å². The molecule has 0 aliphatic carbocycles. The summed E-state index contributed by atoms with van der Waals surface area (Å²) in [6.45, 7) is 2.13. The van der Waals surface area contributed by atoms with Crippen LogP contribution in [0.4, 0.5) is 0 Å². The maximum Gasteiger partial charge on any atom is 0.209 e. The van der Waals surface area contributed by atoms with Crippen molar-refractivity contribution < 1.29 is 8.42 Å². The Balaban J connectivity index is 2.10. The summed E-state index contributed by atoms with van der Waals surface area (Å²) in [5.74, 6) is -0.0163. The van der Waals surface area contributed by atoms with Crippen molar-refractivity contribution in [1.29, 1.82) is 0 Å². The molecule has 0 unspecified atom stereocenters. The first-order valence-electron chi connectivity index (χ1n) is 6.66. The molecule has 20 heavy (non-hydrogen) atoms. The molecule has 0 aliphatic rings. The molecule has 2 rings (SSSR count). The van der Waals surface area contributed by atoms with Gasteiger partial charge in [0.1, 0.15) is 0 Å². The Morgan fingerprint density at radius 2 is 1.30 bits per heavy atom. The molecule has 0 aliphatic heterocycles. The van der Waals surface area contributed by atoms with Crippen LogP contribution in [0.5, 0.6) is 0 Å². The van der Waals surface area contributed by atoms with E-state index in [1.54, 1.807) is 0 Å². The Kier molecular flexibility index (Phi) is 4.57. The summed E-state index contributed by atoms with van der Waals surface area (Å²) in [5.41, 5.74) is 4.60. The molecule has 0 amide bonds. The highest BCUT2D eigenvalue weighted by molar-refractivity contribution is 7.89. The summed E-state index contributed by atoms with van der Waals surface area (Å²) < 4.78 is 21.9. The van der Waals surface area contributed by atoms with Crippen LogP contribution < -0.4 is 5.14 Å². The number of hydrogen-bond acceptors (Lipinski definition) is 2. The molecule has 0 saturated heterocycles. The minimum Gasteiger partial charge on any atom is -0.229 e. The van der Waals surface area contributed by atoms with Crippen molar-refractivity contribution in [1.82, 2.24) is 0 Å². The lowest BCUT2D eigenvalue weighted by molar-refractivity contribution is 0.597. The maximum absolute atomic E-state index is 10.9. The van der Waals surface area contributed by atoms with Crippen LogP contribution in [0.3, 0.4) is 0 Å². The van der Waals surface area contributed by atoms with Gasteiger partial charge >= 0.3 is 0 Å². The fraction of sp³-hybridized carbons (Fsp3) is 0.250. The van der Waals surface area contributed by atoms with E-state index in [0.717, 1.165) is 17.5 Å². The fourth-order valence-electron chi connectivity index (χ4n) is 2.06.